The molecule has 104 valence electrons. The highest BCUT2D eigenvalue weighted by atomic mass is 16.5. The van der Waals surface area contributed by atoms with Gasteiger partial charge < -0.3 is 4.74 Å². The molecule has 20 heavy (non-hydrogen) atoms. The zero-order chi connectivity index (χ0) is 14.1. The van der Waals surface area contributed by atoms with Crippen LogP contribution in [0.15, 0.2) is 23.1 Å². The summed E-state index contributed by atoms with van der Waals surface area (Å²) < 4.78 is 6.48. The van der Waals surface area contributed by atoms with Crippen LogP contribution in [0.4, 0.5) is 0 Å². The molecule has 0 bridgehead atoms. The molecule has 0 saturated heterocycles. The molecule has 3 rings (SSSR count). The number of pyridine rings is 1. The van der Waals surface area contributed by atoms with Gasteiger partial charge in [0.1, 0.15) is 5.56 Å². The minimum atomic E-state index is -0.437. The Morgan fingerprint density at radius 3 is 3.00 bits per heavy atom. The second-order valence-corrected chi connectivity index (χ2v) is 4.89. The van der Waals surface area contributed by atoms with Gasteiger partial charge in [0, 0.05) is 11.8 Å². The van der Waals surface area contributed by atoms with Crippen molar-refractivity contribution in [2.75, 3.05) is 6.61 Å². The Balaban J connectivity index is 2.27. The summed E-state index contributed by atoms with van der Waals surface area (Å²) in [5.41, 5.74) is 2.31. The average molecular weight is 272 g/mol. The first-order valence-electron chi connectivity index (χ1n) is 6.92. The SMILES string of the molecule is CCOC(=O)c1cccn2c(=O)c3c(nc12)CCCC3. The number of fused-ring (bicyclic) bond motifs is 2. The fraction of sp³-hybridized carbons (Fsp3) is 0.400. The van der Waals surface area contributed by atoms with Gasteiger partial charge in [-0.25, -0.2) is 9.78 Å². The molecule has 1 aliphatic rings. The molecule has 2 aromatic heterocycles. The Morgan fingerprint density at radius 2 is 2.20 bits per heavy atom. The monoisotopic (exact) mass is 272 g/mol. The van der Waals surface area contributed by atoms with E-state index in [1.807, 2.05) is 0 Å². The number of hydrogen-bond donors (Lipinski definition) is 0. The van der Waals surface area contributed by atoms with Crippen LogP contribution in [-0.4, -0.2) is 22.0 Å². The van der Waals surface area contributed by atoms with Crippen LogP contribution < -0.4 is 5.56 Å². The highest BCUT2D eigenvalue weighted by Crippen LogP contribution is 2.18. The summed E-state index contributed by atoms with van der Waals surface area (Å²) in [5, 5.41) is 0. The molecule has 0 spiro atoms. The predicted octanol–water partition coefficient (Wildman–Crippen LogP) is 1.75. The Bertz CT molecular complexity index is 734. The number of ether oxygens (including phenoxy) is 1. The van der Waals surface area contributed by atoms with Crippen LogP contribution in [0.1, 0.15) is 41.4 Å². The number of rotatable bonds is 2. The van der Waals surface area contributed by atoms with Gasteiger partial charge in [0.25, 0.3) is 5.56 Å². The summed E-state index contributed by atoms with van der Waals surface area (Å²) in [7, 11) is 0. The van der Waals surface area contributed by atoms with Gasteiger partial charge in [0.05, 0.1) is 12.3 Å². The number of nitrogens with zero attached hydrogens (tertiary/aromatic N) is 2. The maximum Gasteiger partial charge on any atom is 0.341 e. The molecule has 1 aliphatic carbocycles. The zero-order valence-corrected chi connectivity index (χ0v) is 11.4. The van der Waals surface area contributed by atoms with Crippen molar-refractivity contribution in [2.45, 2.75) is 32.6 Å². The summed E-state index contributed by atoms with van der Waals surface area (Å²) in [4.78, 5) is 29.0. The molecule has 0 fully saturated rings. The lowest BCUT2D eigenvalue weighted by Crippen LogP contribution is -2.26. The van der Waals surface area contributed by atoms with Crippen molar-refractivity contribution in [1.29, 1.82) is 0 Å². The van der Waals surface area contributed by atoms with Crippen LogP contribution in [0.2, 0.25) is 0 Å². The van der Waals surface area contributed by atoms with Gasteiger partial charge in [0.2, 0.25) is 0 Å². The molecule has 0 N–H and O–H groups in total. The minimum absolute atomic E-state index is 0.0594. The van der Waals surface area contributed by atoms with Gasteiger partial charge >= 0.3 is 5.97 Å². The van der Waals surface area contributed by atoms with E-state index in [2.05, 4.69) is 4.98 Å². The average Bonchev–Trinajstić information content (AvgIpc) is 2.47. The summed E-state index contributed by atoms with van der Waals surface area (Å²) in [6.45, 7) is 2.06. The van der Waals surface area contributed by atoms with E-state index >= 15 is 0 Å². The Kier molecular flexibility index (Phi) is 3.26. The van der Waals surface area contributed by atoms with Crippen LogP contribution in [0.5, 0.6) is 0 Å². The van der Waals surface area contributed by atoms with E-state index < -0.39 is 5.97 Å². The maximum atomic E-state index is 12.5. The lowest BCUT2D eigenvalue weighted by atomic mass is 9.97. The normalized spacial score (nSPS) is 14.1. The van der Waals surface area contributed by atoms with Gasteiger partial charge in [0.15, 0.2) is 5.65 Å². The first kappa shape index (κ1) is 12.8. The molecule has 0 aliphatic heterocycles. The van der Waals surface area contributed by atoms with E-state index in [-0.39, 0.29) is 5.56 Å². The van der Waals surface area contributed by atoms with Crippen molar-refractivity contribution in [3.63, 3.8) is 0 Å². The summed E-state index contributed by atoms with van der Waals surface area (Å²) in [6, 6.07) is 3.33. The smallest absolute Gasteiger partial charge is 0.341 e. The number of carbonyl (C=O) groups is 1. The molecule has 5 nitrogen and oxygen atoms in total. The van der Waals surface area contributed by atoms with E-state index in [1.54, 1.807) is 25.3 Å². The third-order valence-electron chi connectivity index (χ3n) is 3.62. The van der Waals surface area contributed by atoms with E-state index in [0.29, 0.717) is 17.8 Å². The second kappa shape index (κ2) is 5.07. The lowest BCUT2D eigenvalue weighted by Gasteiger charge is -2.16. The van der Waals surface area contributed by atoms with Gasteiger partial charge in [-0.15, -0.1) is 0 Å². The van der Waals surface area contributed by atoms with Crippen molar-refractivity contribution in [3.05, 3.63) is 45.5 Å². The van der Waals surface area contributed by atoms with Crippen molar-refractivity contribution >= 4 is 11.6 Å². The van der Waals surface area contributed by atoms with Gasteiger partial charge in [-0.2, -0.15) is 0 Å². The molecule has 0 atom stereocenters. The third-order valence-corrected chi connectivity index (χ3v) is 3.62. The number of esters is 1. The van der Waals surface area contributed by atoms with Crippen LogP contribution >= 0.6 is 0 Å². The fourth-order valence-corrected chi connectivity index (χ4v) is 2.66. The van der Waals surface area contributed by atoms with E-state index in [4.69, 9.17) is 4.74 Å². The molecular formula is C15H16N2O3. The lowest BCUT2D eigenvalue weighted by molar-refractivity contribution is 0.0528. The molecule has 0 saturated carbocycles. The van der Waals surface area contributed by atoms with Crippen molar-refractivity contribution in [1.82, 2.24) is 9.38 Å². The molecular weight excluding hydrogens is 256 g/mol. The third kappa shape index (κ3) is 1.99. The highest BCUT2D eigenvalue weighted by molar-refractivity contribution is 5.95. The molecule has 0 radical (unpaired) electrons. The van der Waals surface area contributed by atoms with Crippen molar-refractivity contribution in [3.8, 4) is 0 Å². The topological polar surface area (TPSA) is 60.7 Å². The standard InChI is InChI=1S/C15H16N2O3/c1-2-20-15(19)11-7-5-9-17-13(11)16-12-8-4-3-6-10(12)14(17)18/h5,7,9H,2-4,6,8H2,1H3. The van der Waals surface area contributed by atoms with E-state index in [0.717, 1.165) is 36.9 Å². The molecule has 2 heterocycles. The predicted molar refractivity (Wildman–Crippen MR) is 74.1 cm³/mol. The van der Waals surface area contributed by atoms with Crippen molar-refractivity contribution < 1.29 is 9.53 Å². The van der Waals surface area contributed by atoms with E-state index in [9.17, 15) is 9.59 Å². The summed E-state index contributed by atoms with van der Waals surface area (Å²) in [6.07, 6.45) is 5.29. The Morgan fingerprint density at radius 1 is 1.40 bits per heavy atom. The second-order valence-electron chi connectivity index (χ2n) is 4.89. The van der Waals surface area contributed by atoms with Crippen LogP contribution in [-0.2, 0) is 17.6 Å². The zero-order valence-electron chi connectivity index (χ0n) is 11.4. The van der Waals surface area contributed by atoms with Crippen LogP contribution in [0.3, 0.4) is 0 Å². The summed E-state index contributed by atoms with van der Waals surface area (Å²) >= 11 is 0. The Hall–Kier alpha value is -2.17. The number of hydrogen-bond acceptors (Lipinski definition) is 4. The number of aryl methyl sites for hydroxylation is 1. The van der Waals surface area contributed by atoms with Crippen LogP contribution in [0, 0.1) is 0 Å². The highest BCUT2D eigenvalue weighted by Gasteiger charge is 2.19. The summed E-state index contributed by atoms with van der Waals surface area (Å²) in [5.74, 6) is -0.437. The number of carbonyl (C=O) groups excluding carboxylic acids is 1. The molecule has 0 aromatic carbocycles. The van der Waals surface area contributed by atoms with Crippen LogP contribution in [0.25, 0.3) is 5.65 Å². The molecule has 0 unspecified atom stereocenters. The first-order valence-corrected chi connectivity index (χ1v) is 6.92. The molecule has 2 aromatic rings. The minimum Gasteiger partial charge on any atom is -0.462 e. The van der Waals surface area contributed by atoms with Gasteiger partial charge in [-0.05, 0) is 44.7 Å². The fourth-order valence-electron chi connectivity index (χ4n) is 2.66. The Labute approximate surface area is 116 Å². The molecule has 0 amide bonds. The van der Waals surface area contributed by atoms with Gasteiger partial charge in [-0.3, -0.25) is 9.20 Å². The number of aromatic nitrogens is 2. The van der Waals surface area contributed by atoms with E-state index in [1.165, 1.54) is 4.40 Å². The largest absolute Gasteiger partial charge is 0.462 e. The first-order chi connectivity index (χ1) is 9.72. The quantitative estimate of drug-likeness (QED) is 0.781. The maximum absolute atomic E-state index is 12.5. The van der Waals surface area contributed by atoms with Gasteiger partial charge in [-0.1, -0.05) is 0 Å². The van der Waals surface area contributed by atoms with Crippen molar-refractivity contribution in [2.24, 2.45) is 0 Å². The molecule has 5 heteroatoms.